The number of hydrogen-bond acceptors (Lipinski definition) is 4. The summed E-state index contributed by atoms with van der Waals surface area (Å²) in [5.41, 5.74) is 0. The van der Waals surface area contributed by atoms with Gasteiger partial charge in [-0.3, -0.25) is 4.18 Å². The van der Waals surface area contributed by atoms with Crippen molar-refractivity contribution in [3.05, 3.63) is 0 Å². The van der Waals surface area contributed by atoms with Gasteiger partial charge in [-0.05, 0) is 18.8 Å². The molecule has 4 nitrogen and oxygen atoms in total. The van der Waals surface area contributed by atoms with Crippen molar-refractivity contribution in [2.75, 3.05) is 6.61 Å². The van der Waals surface area contributed by atoms with Crippen LogP contribution in [0, 0.1) is 5.92 Å². The van der Waals surface area contributed by atoms with Crippen LogP contribution in [0.25, 0.3) is 0 Å². The summed E-state index contributed by atoms with van der Waals surface area (Å²) < 4.78 is 37.4. The van der Waals surface area contributed by atoms with Crippen molar-refractivity contribution in [2.45, 2.75) is 206 Å². The summed E-state index contributed by atoms with van der Waals surface area (Å²) in [4.78, 5) is 0. The van der Waals surface area contributed by atoms with E-state index in [0.29, 0.717) is 0 Å². The molecule has 0 aromatic carbocycles. The van der Waals surface area contributed by atoms with E-state index in [2.05, 4.69) is 18.0 Å². The first-order valence-electron chi connectivity index (χ1n) is 17.6. The molecular weight excluding hydrogens is 527 g/mol. The average molecular weight is 597 g/mol. The fourth-order valence-corrected chi connectivity index (χ4v) is 6.10. The van der Waals surface area contributed by atoms with Gasteiger partial charge in [-0.1, -0.05) is 194 Å². The van der Waals surface area contributed by atoms with Crippen molar-refractivity contribution in [1.82, 2.24) is 0 Å². The van der Waals surface area contributed by atoms with E-state index in [4.69, 9.17) is 0 Å². The molecule has 40 heavy (non-hydrogen) atoms. The number of hydrogen-bond donors (Lipinski definition) is 0. The molecule has 0 aromatic heterocycles. The summed E-state index contributed by atoms with van der Waals surface area (Å²) in [5, 5.41) is 0. The van der Waals surface area contributed by atoms with Gasteiger partial charge in [-0.25, -0.2) is 8.42 Å². The molecule has 0 aliphatic rings. The van der Waals surface area contributed by atoms with Gasteiger partial charge in [0.15, 0.2) is 0 Å². The van der Waals surface area contributed by atoms with Crippen LogP contribution in [0.4, 0.5) is 0 Å². The first-order chi connectivity index (χ1) is 19.0. The Morgan fingerprint density at radius 3 is 0.900 bits per heavy atom. The van der Waals surface area contributed by atoms with Gasteiger partial charge in [0.05, 0.1) is 6.61 Å². The van der Waals surface area contributed by atoms with Crippen LogP contribution < -0.4 is 29.6 Å². The largest absolute Gasteiger partial charge is 1.00 e. The van der Waals surface area contributed by atoms with Crippen LogP contribution in [0.2, 0.25) is 0 Å². The maximum Gasteiger partial charge on any atom is 1.00 e. The Labute approximate surface area is 274 Å². The third-order valence-electron chi connectivity index (χ3n) is 8.38. The van der Waals surface area contributed by atoms with Gasteiger partial charge in [0.25, 0.3) is 0 Å². The van der Waals surface area contributed by atoms with Gasteiger partial charge >= 0.3 is 29.6 Å². The van der Waals surface area contributed by atoms with Crippen LogP contribution in [-0.2, 0) is 14.6 Å². The van der Waals surface area contributed by atoms with E-state index in [1.165, 1.54) is 167 Å². The second kappa shape index (κ2) is 34.4. The standard InChI is InChI=1S/C34H70O4S.Na/c1-3-5-7-9-11-13-14-15-16-17-18-19-20-21-22-24-26-28-30-32-34(33-38-39(35,36)37)31-29-27-25-23-12-10-8-6-4-2;/h34H,3-33H2,1-2H3,(H,35,36,37);/q;+1/p-1. The van der Waals surface area contributed by atoms with E-state index in [1.54, 1.807) is 0 Å². The minimum Gasteiger partial charge on any atom is -0.726 e. The van der Waals surface area contributed by atoms with Crippen molar-refractivity contribution in [3.63, 3.8) is 0 Å². The fraction of sp³-hybridized carbons (Fsp3) is 1.00. The smallest absolute Gasteiger partial charge is 0.726 e. The molecule has 0 radical (unpaired) electrons. The Balaban J connectivity index is 0. The van der Waals surface area contributed by atoms with Crippen LogP contribution in [0.1, 0.15) is 206 Å². The summed E-state index contributed by atoms with van der Waals surface area (Å²) in [5.74, 6) is 0.198. The first-order valence-corrected chi connectivity index (χ1v) is 18.9. The van der Waals surface area contributed by atoms with Crippen molar-refractivity contribution >= 4 is 10.4 Å². The zero-order chi connectivity index (χ0) is 28.7. The number of rotatable bonds is 33. The van der Waals surface area contributed by atoms with Crippen molar-refractivity contribution < 1.29 is 46.7 Å². The van der Waals surface area contributed by atoms with Crippen LogP contribution in [0.5, 0.6) is 0 Å². The molecule has 1 unspecified atom stereocenters. The van der Waals surface area contributed by atoms with Crippen LogP contribution in [0.3, 0.4) is 0 Å². The van der Waals surface area contributed by atoms with Gasteiger partial charge in [0.1, 0.15) is 0 Å². The molecule has 1 atom stereocenters. The van der Waals surface area contributed by atoms with Gasteiger partial charge in [-0.15, -0.1) is 0 Å². The van der Waals surface area contributed by atoms with Gasteiger partial charge in [-0.2, -0.15) is 0 Å². The molecule has 0 bridgehead atoms. The van der Waals surface area contributed by atoms with E-state index in [1.807, 2.05) is 0 Å². The molecule has 0 heterocycles. The average Bonchev–Trinajstić information content (AvgIpc) is 2.91. The zero-order valence-corrected chi connectivity index (χ0v) is 30.4. The van der Waals surface area contributed by atoms with Gasteiger partial charge < -0.3 is 4.55 Å². The Hall–Kier alpha value is 0.870. The Morgan fingerprint density at radius 2 is 0.675 bits per heavy atom. The minimum atomic E-state index is -4.58. The molecule has 0 aliphatic heterocycles. The second-order valence-electron chi connectivity index (χ2n) is 12.3. The molecule has 0 fully saturated rings. The summed E-state index contributed by atoms with van der Waals surface area (Å²) in [6.45, 7) is 4.61. The van der Waals surface area contributed by atoms with E-state index in [-0.39, 0.29) is 42.1 Å². The Bertz CT molecular complexity index is 570. The van der Waals surface area contributed by atoms with E-state index < -0.39 is 10.4 Å². The molecular formula is C34H69NaO4S. The zero-order valence-electron chi connectivity index (χ0n) is 27.5. The molecule has 6 heteroatoms. The summed E-state index contributed by atoms with van der Waals surface area (Å²) in [6.07, 6.45) is 39.6. The monoisotopic (exact) mass is 596 g/mol. The summed E-state index contributed by atoms with van der Waals surface area (Å²) in [7, 11) is -4.58. The maximum absolute atomic E-state index is 10.9. The summed E-state index contributed by atoms with van der Waals surface area (Å²) >= 11 is 0. The third kappa shape index (κ3) is 36.9. The topological polar surface area (TPSA) is 66.4 Å². The van der Waals surface area contributed by atoms with Crippen molar-refractivity contribution in [2.24, 2.45) is 5.92 Å². The second-order valence-corrected chi connectivity index (χ2v) is 13.4. The van der Waals surface area contributed by atoms with Gasteiger partial charge in [0, 0.05) is 0 Å². The van der Waals surface area contributed by atoms with Crippen LogP contribution in [-0.4, -0.2) is 19.6 Å². The predicted octanol–water partition coefficient (Wildman–Crippen LogP) is 8.83. The maximum atomic E-state index is 10.9. The molecule has 0 saturated carbocycles. The van der Waals surface area contributed by atoms with Crippen molar-refractivity contribution in [3.8, 4) is 0 Å². The molecule has 0 aliphatic carbocycles. The van der Waals surface area contributed by atoms with E-state index >= 15 is 0 Å². The van der Waals surface area contributed by atoms with Crippen LogP contribution in [0.15, 0.2) is 0 Å². The molecule has 0 saturated heterocycles. The molecule has 0 aromatic rings. The normalized spacial score (nSPS) is 12.5. The Morgan fingerprint density at radius 1 is 0.450 bits per heavy atom. The first kappa shape index (κ1) is 43.0. The summed E-state index contributed by atoms with van der Waals surface area (Å²) in [6, 6.07) is 0. The molecule has 0 rings (SSSR count). The Kier molecular flexibility index (Phi) is 36.9. The molecule has 0 N–H and O–H groups in total. The van der Waals surface area contributed by atoms with E-state index in [0.717, 1.165) is 25.7 Å². The molecule has 0 spiro atoms. The van der Waals surface area contributed by atoms with Crippen molar-refractivity contribution in [1.29, 1.82) is 0 Å². The number of unbranched alkanes of at least 4 members (excludes halogenated alkanes) is 26. The minimum absolute atomic E-state index is 0. The van der Waals surface area contributed by atoms with E-state index in [9.17, 15) is 13.0 Å². The third-order valence-corrected chi connectivity index (χ3v) is 8.80. The van der Waals surface area contributed by atoms with Crippen LogP contribution >= 0.6 is 0 Å². The van der Waals surface area contributed by atoms with Gasteiger partial charge in [0.2, 0.25) is 10.4 Å². The quantitative estimate of drug-likeness (QED) is 0.0329. The molecule has 0 amide bonds. The fourth-order valence-electron chi connectivity index (χ4n) is 5.75. The predicted molar refractivity (Wildman–Crippen MR) is 169 cm³/mol. The molecule has 236 valence electrons. The SMILES string of the molecule is CCCCCCCCCCCCCCCCCCCCCC(CCCCCCCCCCC)COS(=O)(=O)[O-].[Na+].